The van der Waals surface area contributed by atoms with E-state index >= 15 is 0 Å². The summed E-state index contributed by atoms with van der Waals surface area (Å²) in [4.78, 5) is 2.55. The zero-order valence-corrected chi connectivity index (χ0v) is 11.1. The van der Waals surface area contributed by atoms with Crippen molar-refractivity contribution in [3.8, 4) is 0 Å². The SMILES string of the molecule is C=CCCC1CC(C)(C)N(C)C(C)(C)C1. The molecule has 0 aromatic carbocycles. The Morgan fingerprint density at radius 1 is 1.20 bits per heavy atom. The van der Waals surface area contributed by atoms with Crippen LogP contribution in [-0.2, 0) is 0 Å². The average molecular weight is 209 g/mol. The fourth-order valence-corrected chi connectivity index (χ4v) is 3.14. The van der Waals surface area contributed by atoms with Gasteiger partial charge in [-0.3, -0.25) is 4.90 Å². The fourth-order valence-electron chi connectivity index (χ4n) is 3.14. The second kappa shape index (κ2) is 4.29. The van der Waals surface area contributed by atoms with Crippen LogP contribution < -0.4 is 0 Å². The maximum Gasteiger partial charge on any atom is 0.0158 e. The molecule has 0 aliphatic carbocycles. The molecule has 1 heteroatoms. The van der Waals surface area contributed by atoms with Crippen molar-refractivity contribution in [2.45, 2.75) is 64.5 Å². The number of rotatable bonds is 3. The first-order valence-electron chi connectivity index (χ1n) is 6.14. The third kappa shape index (κ3) is 2.84. The molecule has 0 bridgehead atoms. The first-order chi connectivity index (χ1) is 6.79. The van der Waals surface area contributed by atoms with Crippen LogP contribution >= 0.6 is 0 Å². The summed E-state index contributed by atoms with van der Waals surface area (Å²) in [5.41, 5.74) is 0.682. The minimum atomic E-state index is 0.341. The van der Waals surface area contributed by atoms with Crippen molar-refractivity contribution in [2.75, 3.05) is 7.05 Å². The monoisotopic (exact) mass is 209 g/mol. The maximum atomic E-state index is 3.82. The molecule has 1 aliphatic heterocycles. The van der Waals surface area contributed by atoms with Crippen LogP contribution in [0.5, 0.6) is 0 Å². The highest BCUT2D eigenvalue weighted by Gasteiger charge is 2.42. The van der Waals surface area contributed by atoms with E-state index in [9.17, 15) is 0 Å². The number of nitrogens with zero attached hydrogens (tertiary/aromatic N) is 1. The molecule has 0 N–H and O–H groups in total. The normalized spacial score (nSPS) is 26.5. The summed E-state index contributed by atoms with van der Waals surface area (Å²) in [5, 5.41) is 0. The number of likely N-dealkylation sites (tertiary alicyclic amines) is 1. The summed E-state index contributed by atoms with van der Waals surface area (Å²) in [6, 6.07) is 0. The number of allylic oxidation sites excluding steroid dienone is 1. The van der Waals surface area contributed by atoms with E-state index in [4.69, 9.17) is 0 Å². The molecule has 1 aliphatic rings. The lowest BCUT2D eigenvalue weighted by atomic mass is 9.72. The van der Waals surface area contributed by atoms with Crippen molar-refractivity contribution in [1.29, 1.82) is 0 Å². The smallest absolute Gasteiger partial charge is 0.0158 e. The summed E-state index contributed by atoms with van der Waals surface area (Å²) >= 11 is 0. The van der Waals surface area contributed by atoms with Crippen LogP contribution in [0.3, 0.4) is 0 Å². The van der Waals surface area contributed by atoms with Crippen molar-refractivity contribution in [1.82, 2.24) is 4.90 Å². The molecule has 0 radical (unpaired) electrons. The van der Waals surface area contributed by atoms with Crippen LogP contribution in [0.1, 0.15) is 53.4 Å². The second-order valence-electron chi connectivity index (χ2n) is 6.32. The van der Waals surface area contributed by atoms with Crippen molar-refractivity contribution in [3.63, 3.8) is 0 Å². The van der Waals surface area contributed by atoms with Crippen LogP contribution in [0.25, 0.3) is 0 Å². The quantitative estimate of drug-likeness (QED) is 0.638. The molecule has 1 rings (SSSR count). The molecule has 0 atom stereocenters. The van der Waals surface area contributed by atoms with Crippen LogP contribution in [0.2, 0.25) is 0 Å². The Balaban J connectivity index is 2.70. The van der Waals surface area contributed by atoms with Gasteiger partial charge in [0.25, 0.3) is 0 Å². The molecule has 1 heterocycles. The number of hydrogen-bond acceptors (Lipinski definition) is 1. The highest BCUT2D eigenvalue weighted by molar-refractivity contribution is 4.98. The predicted octanol–water partition coefficient (Wildman–Crippen LogP) is 3.85. The van der Waals surface area contributed by atoms with Gasteiger partial charge in [-0.15, -0.1) is 6.58 Å². The molecular formula is C14H27N. The van der Waals surface area contributed by atoms with E-state index in [0.717, 1.165) is 5.92 Å². The predicted molar refractivity (Wildman–Crippen MR) is 68.1 cm³/mol. The Hall–Kier alpha value is -0.300. The Morgan fingerprint density at radius 3 is 2.07 bits per heavy atom. The van der Waals surface area contributed by atoms with Gasteiger partial charge < -0.3 is 0 Å². The molecule has 0 aromatic rings. The van der Waals surface area contributed by atoms with Gasteiger partial charge in [-0.05, 0) is 66.3 Å². The first kappa shape index (κ1) is 12.8. The molecule has 0 unspecified atom stereocenters. The lowest BCUT2D eigenvalue weighted by Crippen LogP contribution is -2.58. The molecular weight excluding hydrogens is 182 g/mol. The van der Waals surface area contributed by atoms with Crippen LogP contribution in [0.15, 0.2) is 12.7 Å². The minimum Gasteiger partial charge on any atom is -0.296 e. The summed E-state index contributed by atoms with van der Waals surface area (Å²) in [6.07, 6.45) is 7.17. The molecule has 0 aromatic heterocycles. The topological polar surface area (TPSA) is 3.24 Å². The van der Waals surface area contributed by atoms with Gasteiger partial charge in [0, 0.05) is 11.1 Å². The van der Waals surface area contributed by atoms with E-state index in [0.29, 0.717) is 11.1 Å². The van der Waals surface area contributed by atoms with Gasteiger partial charge in [0.05, 0.1) is 0 Å². The van der Waals surface area contributed by atoms with Gasteiger partial charge in [-0.25, -0.2) is 0 Å². The first-order valence-corrected chi connectivity index (χ1v) is 6.14. The fraction of sp³-hybridized carbons (Fsp3) is 0.857. The Kier molecular flexibility index (Phi) is 3.65. The van der Waals surface area contributed by atoms with Gasteiger partial charge in [0.2, 0.25) is 0 Å². The van der Waals surface area contributed by atoms with Crippen LogP contribution in [-0.4, -0.2) is 23.0 Å². The van der Waals surface area contributed by atoms with E-state index in [1.54, 1.807) is 0 Å². The summed E-state index contributed by atoms with van der Waals surface area (Å²) in [7, 11) is 2.27. The minimum absolute atomic E-state index is 0.341. The summed E-state index contributed by atoms with van der Waals surface area (Å²) in [5.74, 6) is 0.865. The molecule has 1 fully saturated rings. The molecule has 1 saturated heterocycles. The van der Waals surface area contributed by atoms with Crippen LogP contribution in [0, 0.1) is 5.92 Å². The lowest BCUT2D eigenvalue weighted by Gasteiger charge is -2.53. The second-order valence-corrected chi connectivity index (χ2v) is 6.32. The zero-order chi connectivity index (χ0) is 11.7. The molecule has 0 spiro atoms. The van der Waals surface area contributed by atoms with E-state index in [1.807, 2.05) is 0 Å². The molecule has 0 amide bonds. The summed E-state index contributed by atoms with van der Waals surface area (Å²) < 4.78 is 0. The third-order valence-electron chi connectivity index (χ3n) is 4.17. The summed E-state index contributed by atoms with van der Waals surface area (Å²) in [6.45, 7) is 13.3. The van der Waals surface area contributed by atoms with Crippen molar-refractivity contribution < 1.29 is 0 Å². The van der Waals surface area contributed by atoms with E-state index in [1.165, 1.54) is 25.7 Å². The Labute approximate surface area is 95.5 Å². The molecule has 0 saturated carbocycles. The van der Waals surface area contributed by atoms with Gasteiger partial charge in [0.15, 0.2) is 0 Å². The Bertz CT molecular complexity index is 209. The van der Waals surface area contributed by atoms with E-state index in [2.05, 4.69) is 52.3 Å². The number of piperidine rings is 1. The van der Waals surface area contributed by atoms with E-state index in [-0.39, 0.29) is 0 Å². The largest absolute Gasteiger partial charge is 0.296 e. The zero-order valence-electron chi connectivity index (χ0n) is 11.1. The molecule has 1 nitrogen and oxygen atoms in total. The van der Waals surface area contributed by atoms with Crippen molar-refractivity contribution >= 4 is 0 Å². The lowest BCUT2D eigenvalue weighted by molar-refractivity contribution is -0.0314. The van der Waals surface area contributed by atoms with E-state index < -0.39 is 0 Å². The Morgan fingerprint density at radius 2 is 1.67 bits per heavy atom. The average Bonchev–Trinajstić information content (AvgIpc) is 2.10. The third-order valence-corrected chi connectivity index (χ3v) is 4.17. The molecule has 15 heavy (non-hydrogen) atoms. The van der Waals surface area contributed by atoms with Crippen molar-refractivity contribution in [2.24, 2.45) is 5.92 Å². The van der Waals surface area contributed by atoms with Gasteiger partial charge in [0.1, 0.15) is 0 Å². The highest BCUT2D eigenvalue weighted by Crippen LogP contribution is 2.41. The van der Waals surface area contributed by atoms with Crippen LogP contribution in [0.4, 0.5) is 0 Å². The molecule has 88 valence electrons. The number of hydrogen-bond donors (Lipinski definition) is 0. The highest BCUT2D eigenvalue weighted by atomic mass is 15.2. The van der Waals surface area contributed by atoms with Gasteiger partial charge in [-0.1, -0.05) is 6.08 Å². The maximum absolute atomic E-state index is 3.82. The van der Waals surface area contributed by atoms with Gasteiger partial charge >= 0.3 is 0 Å². The van der Waals surface area contributed by atoms with Gasteiger partial charge in [-0.2, -0.15) is 0 Å². The van der Waals surface area contributed by atoms with Crippen molar-refractivity contribution in [3.05, 3.63) is 12.7 Å². The standard InChI is InChI=1S/C14H27N/c1-7-8-9-12-10-13(2,3)15(6)14(4,5)11-12/h7,12H,1,8-11H2,2-6H3.